The largest absolute Gasteiger partial charge is 0.342 e. The van der Waals surface area contributed by atoms with Crippen LogP contribution in [0.3, 0.4) is 0 Å². The maximum atomic E-state index is 12.5. The van der Waals surface area contributed by atoms with Gasteiger partial charge in [-0.15, -0.1) is 11.3 Å². The van der Waals surface area contributed by atoms with Crippen LogP contribution in [0, 0.1) is 0 Å². The first-order valence-electron chi connectivity index (χ1n) is 7.37. The highest BCUT2D eigenvalue weighted by Crippen LogP contribution is 2.21. The summed E-state index contributed by atoms with van der Waals surface area (Å²) >= 11 is 7.34. The van der Waals surface area contributed by atoms with Gasteiger partial charge in [0.25, 0.3) is 5.91 Å². The maximum absolute atomic E-state index is 12.5. The number of carbonyl (C=O) groups is 1. The Balaban J connectivity index is 1.85. The number of amides is 1. The van der Waals surface area contributed by atoms with Gasteiger partial charge >= 0.3 is 0 Å². The van der Waals surface area contributed by atoms with E-state index in [9.17, 15) is 13.2 Å². The molecule has 8 nitrogen and oxygen atoms in total. The van der Waals surface area contributed by atoms with Crippen LogP contribution in [0.25, 0.3) is 5.13 Å². The summed E-state index contributed by atoms with van der Waals surface area (Å²) in [5.41, 5.74) is 0.144. The lowest BCUT2D eigenvalue weighted by molar-refractivity contribution is 0.0937. The molecule has 0 bridgehead atoms. The zero-order chi connectivity index (χ0) is 18.9. The summed E-state index contributed by atoms with van der Waals surface area (Å²) in [6.07, 6.45) is 4.08. The van der Waals surface area contributed by atoms with Gasteiger partial charge in [0.15, 0.2) is 15.7 Å². The van der Waals surface area contributed by atoms with Crippen molar-refractivity contribution < 1.29 is 13.2 Å². The molecule has 0 aliphatic carbocycles. The fourth-order valence-electron chi connectivity index (χ4n) is 2.27. The van der Waals surface area contributed by atoms with Crippen molar-refractivity contribution in [3.63, 3.8) is 0 Å². The van der Waals surface area contributed by atoms with Gasteiger partial charge in [-0.05, 0) is 25.1 Å². The minimum atomic E-state index is -3.49. The highest BCUT2D eigenvalue weighted by molar-refractivity contribution is 7.90. The second kappa shape index (κ2) is 7.14. The molecule has 0 fully saturated rings. The number of aromatic nitrogens is 4. The second-order valence-electron chi connectivity index (χ2n) is 5.49. The van der Waals surface area contributed by atoms with E-state index in [1.165, 1.54) is 40.5 Å². The van der Waals surface area contributed by atoms with Gasteiger partial charge in [-0.3, -0.25) is 4.79 Å². The third kappa shape index (κ3) is 3.92. The first-order chi connectivity index (χ1) is 12.3. The predicted octanol–water partition coefficient (Wildman–Crippen LogP) is 2.27. The molecule has 0 aliphatic heterocycles. The van der Waals surface area contributed by atoms with Gasteiger partial charge in [0.2, 0.25) is 5.13 Å². The van der Waals surface area contributed by atoms with Crippen molar-refractivity contribution in [2.75, 3.05) is 6.26 Å². The molecule has 26 heavy (non-hydrogen) atoms. The number of halogens is 1. The lowest BCUT2D eigenvalue weighted by Gasteiger charge is -2.14. The Morgan fingerprint density at radius 3 is 2.73 bits per heavy atom. The molecule has 0 aliphatic rings. The van der Waals surface area contributed by atoms with Crippen LogP contribution in [0.1, 0.15) is 29.1 Å². The lowest BCUT2D eigenvalue weighted by Crippen LogP contribution is -2.28. The Morgan fingerprint density at radius 1 is 1.31 bits per heavy atom. The van der Waals surface area contributed by atoms with Gasteiger partial charge in [-0.1, -0.05) is 11.6 Å². The van der Waals surface area contributed by atoms with Crippen LogP contribution >= 0.6 is 22.9 Å². The van der Waals surface area contributed by atoms with Crippen LogP contribution < -0.4 is 5.32 Å². The number of thiazole rings is 1. The molecule has 0 radical (unpaired) electrons. The number of sulfone groups is 1. The summed E-state index contributed by atoms with van der Waals surface area (Å²) in [4.78, 5) is 20.9. The predicted molar refractivity (Wildman–Crippen MR) is 97.5 cm³/mol. The van der Waals surface area contributed by atoms with Crippen molar-refractivity contribution in [2.24, 2.45) is 0 Å². The third-order valence-corrected chi connectivity index (χ3v) is 5.53. The first-order valence-corrected chi connectivity index (χ1v) is 10.5. The second-order valence-corrected chi connectivity index (χ2v) is 8.81. The minimum absolute atomic E-state index is 0.0197. The number of nitrogens with zero attached hydrogens (tertiary/aromatic N) is 4. The van der Waals surface area contributed by atoms with Gasteiger partial charge in [-0.2, -0.15) is 9.78 Å². The molecule has 3 aromatic rings. The molecule has 0 saturated heterocycles. The van der Waals surface area contributed by atoms with Gasteiger partial charge in [0.05, 0.1) is 10.9 Å². The van der Waals surface area contributed by atoms with Crippen LogP contribution in [0.5, 0.6) is 0 Å². The van der Waals surface area contributed by atoms with E-state index in [1.54, 1.807) is 13.1 Å². The Hall–Kier alpha value is -2.30. The fourth-order valence-corrected chi connectivity index (χ4v) is 3.85. The summed E-state index contributed by atoms with van der Waals surface area (Å²) in [6, 6.07) is 3.50. The van der Waals surface area contributed by atoms with E-state index in [4.69, 9.17) is 11.6 Å². The number of benzene rings is 1. The van der Waals surface area contributed by atoms with Crippen LogP contribution in [-0.2, 0) is 9.84 Å². The van der Waals surface area contributed by atoms with Crippen molar-refractivity contribution in [1.29, 1.82) is 0 Å². The molecule has 0 unspecified atom stereocenters. The topological polar surface area (TPSA) is 107 Å². The maximum Gasteiger partial charge on any atom is 0.251 e. The van der Waals surface area contributed by atoms with Crippen molar-refractivity contribution in [1.82, 2.24) is 25.1 Å². The van der Waals surface area contributed by atoms with Gasteiger partial charge < -0.3 is 5.32 Å². The van der Waals surface area contributed by atoms with Gasteiger partial charge in [0, 0.05) is 28.4 Å². The normalized spacial score (nSPS) is 12.7. The highest BCUT2D eigenvalue weighted by atomic mass is 35.5. The average Bonchev–Trinajstić information content (AvgIpc) is 3.24. The number of nitrogens with one attached hydrogen (secondary N) is 1. The Labute approximate surface area is 158 Å². The van der Waals surface area contributed by atoms with E-state index >= 15 is 0 Å². The lowest BCUT2D eigenvalue weighted by atomic mass is 10.2. The Morgan fingerprint density at radius 2 is 2.08 bits per heavy atom. The van der Waals surface area contributed by atoms with E-state index in [0.29, 0.717) is 11.0 Å². The molecule has 3 rings (SSSR count). The monoisotopic (exact) mass is 411 g/mol. The Kier molecular flexibility index (Phi) is 5.08. The Bertz CT molecular complexity index is 1050. The molecular formula is C15H14ClN5O3S2. The molecule has 0 saturated carbocycles. The zero-order valence-electron chi connectivity index (χ0n) is 13.7. The van der Waals surface area contributed by atoms with E-state index in [-0.39, 0.29) is 15.5 Å². The molecule has 1 atom stereocenters. The number of hydrogen-bond donors (Lipinski definition) is 1. The zero-order valence-corrected chi connectivity index (χ0v) is 16.1. The highest BCUT2D eigenvalue weighted by Gasteiger charge is 2.20. The molecular weight excluding hydrogens is 398 g/mol. The summed E-state index contributed by atoms with van der Waals surface area (Å²) in [7, 11) is -3.49. The van der Waals surface area contributed by atoms with E-state index < -0.39 is 21.8 Å². The SMILES string of the molecule is C[C@@H](NC(=O)c1cc(Cl)cc(S(C)(=O)=O)c1)c1ncnn1-c1nccs1. The molecule has 11 heteroatoms. The smallest absolute Gasteiger partial charge is 0.251 e. The first kappa shape index (κ1) is 18.5. The van der Waals surface area contributed by atoms with Gasteiger partial charge in [0.1, 0.15) is 6.33 Å². The van der Waals surface area contributed by atoms with Crippen LogP contribution in [0.2, 0.25) is 5.02 Å². The minimum Gasteiger partial charge on any atom is -0.342 e. The van der Waals surface area contributed by atoms with Crippen molar-refractivity contribution in [3.8, 4) is 5.13 Å². The van der Waals surface area contributed by atoms with E-state index in [0.717, 1.165) is 6.26 Å². The molecule has 0 spiro atoms. The van der Waals surface area contributed by atoms with Crippen LogP contribution in [0.4, 0.5) is 0 Å². The van der Waals surface area contributed by atoms with Crippen molar-refractivity contribution in [2.45, 2.75) is 17.9 Å². The molecule has 136 valence electrons. The average molecular weight is 412 g/mol. The van der Waals surface area contributed by atoms with Crippen LogP contribution in [0.15, 0.2) is 41.0 Å². The van der Waals surface area contributed by atoms with Gasteiger partial charge in [-0.25, -0.2) is 18.4 Å². The number of hydrogen-bond acceptors (Lipinski definition) is 7. The molecule has 2 heterocycles. The van der Waals surface area contributed by atoms with Crippen LogP contribution in [-0.4, -0.2) is 40.3 Å². The summed E-state index contributed by atoms with van der Waals surface area (Å²) in [5.74, 6) is 0.0252. The van der Waals surface area contributed by atoms with Crippen molar-refractivity contribution >= 4 is 38.7 Å². The third-order valence-electron chi connectivity index (χ3n) is 3.47. The van der Waals surface area contributed by atoms with E-state index in [1.807, 2.05) is 5.38 Å². The fraction of sp³-hybridized carbons (Fsp3) is 0.200. The molecule has 1 aromatic carbocycles. The molecule has 1 amide bonds. The number of rotatable bonds is 5. The standard InChI is InChI=1S/C15H14ClN5O3S2/c1-9(13-18-8-19-21(13)15-17-3-4-25-15)20-14(22)10-5-11(16)7-12(6-10)26(2,23)24/h3-9H,1-2H3,(H,20,22)/t9-/m1/s1. The summed E-state index contributed by atoms with van der Waals surface area (Å²) in [5, 5.41) is 9.49. The summed E-state index contributed by atoms with van der Waals surface area (Å²) < 4.78 is 25.0. The molecule has 2 aromatic heterocycles. The summed E-state index contributed by atoms with van der Waals surface area (Å²) in [6.45, 7) is 1.74. The van der Waals surface area contributed by atoms with Crippen molar-refractivity contribution in [3.05, 3.63) is 52.5 Å². The molecule has 1 N–H and O–H groups in total. The quantitative estimate of drug-likeness (QED) is 0.690. The number of carbonyl (C=O) groups excluding carboxylic acids is 1. The van der Waals surface area contributed by atoms with E-state index in [2.05, 4.69) is 20.4 Å².